The molecule has 2 rings (SSSR count). The highest BCUT2D eigenvalue weighted by Gasteiger charge is 2.36. The van der Waals surface area contributed by atoms with Crippen molar-refractivity contribution in [3.05, 3.63) is 33.8 Å². The Morgan fingerprint density at radius 2 is 2.00 bits per heavy atom. The van der Waals surface area contributed by atoms with Crippen LogP contribution >= 0.6 is 23.2 Å². The van der Waals surface area contributed by atoms with Crippen LogP contribution in [0.4, 0.5) is 0 Å². The van der Waals surface area contributed by atoms with Gasteiger partial charge >= 0.3 is 5.97 Å². The maximum Gasteiger partial charge on any atom is 0.308 e. The molecule has 1 aromatic carbocycles. The molecule has 1 aliphatic heterocycles. The van der Waals surface area contributed by atoms with Gasteiger partial charge in [-0.2, -0.15) is 0 Å². The molecule has 120 valence electrons. The summed E-state index contributed by atoms with van der Waals surface area (Å²) < 4.78 is 0. The second-order valence-corrected chi connectivity index (χ2v) is 6.57. The molecule has 1 N–H and O–H groups in total. The molecule has 0 aromatic heterocycles. The van der Waals surface area contributed by atoms with Gasteiger partial charge in [0, 0.05) is 12.6 Å². The van der Waals surface area contributed by atoms with Crippen molar-refractivity contribution in [2.24, 2.45) is 5.92 Å². The molecule has 1 unspecified atom stereocenters. The summed E-state index contributed by atoms with van der Waals surface area (Å²) in [7, 11) is 0. The number of carbonyl (C=O) groups is 2. The number of rotatable bonds is 3. The second kappa shape index (κ2) is 6.88. The molecule has 0 saturated carbocycles. The van der Waals surface area contributed by atoms with E-state index in [2.05, 4.69) is 0 Å². The third kappa shape index (κ3) is 3.39. The SMILES string of the molecule is CC(C(=O)N1CCC[C@H](C(=O)O)[C@@H]1C)c1ccc(Cl)c(Cl)c1. The zero-order chi connectivity index (χ0) is 16.4. The van der Waals surface area contributed by atoms with E-state index in [1.807, 2.05) is 0 Å². The Morgan fingerprint density at radius 3 is 2.59 bits per heavy atom. The summed E-state index contributed by atoms with van der Waals surface area (Å²) in [5.41, 5.74) is 0.782. The number of amides is 1. The predicted molar refractivity (Wildman–Crippen MR) is 86.4 cm³/mol. The van der Waals surface area contributed by atoms with Crippen LogP contribution in [0.5, 0.6) is 0 Å². The Hall–Kier alpha value is -1.26. The number of carbonyl (C=O) groups excluding carboxylic acids is 1. The first-order valence-corrected chi connectivity index (χ1v) is 8.06. The van der Waals surface area contributed by atoms with Crippen molar-refractivity contribution in [2.75, 3.05) is 6.54 Å². The minimum absolute atomic E-state index is 0.0724. The van der Waals surface area contributed by atoms with E-state index in [9.17, 15) is 14.7 Å². The zero-order valence-electron chi connectivity index (χ0n) is 12.6. The van der Waals surface area contributed by atoms with Crippen LogP contribution < -0.4 is 0 Å². The molecule has 6 heteroatoms. The molecule has 1 saturated heterocycles. The van der Waals surface area contributed by atoms with Crippen molar-refractivity contribution in [3.8, 4) is 0 Å². The molecule has 0 bridgehead atoms. The fraction of sp³-hybridized carbons (Fsp3) is 0.500. The second-order valence-electron chi connectivity index (χ2n) is 5.75. The summed E-state index contributed by atoms with van der Waals surface area (Å²) in [6.45, 7) is 4.20. The van der Waals surface area contributed by atoms with Gasteiger partial charge in [-0.3, -0.25) is 9.59 Å². The Morgan fingerprint density at radius 1 is 1.32 bits per heavy atom. The maximum absolute atomic E-state index is 12.7. The van der Waals surface area contributed by atoms with E-state index in [1.54, 1.807) is 36.9 Å². The largest absolute Gasteiger partial charge is 0.481 e. The lowest BCUT2D eigenvalue weighted by Gasteiger charge is -2.39. The molecular weight excluding hydrogens is 325 g/mol. The van der Waals surface area contributed by atoms with E-state index in [0.29, 0.717) is 29.4 Å². The lowest BCUT2D eigenvalue weighted by Crippen LogP contribution is -2.50. The van der Waals surface area contributed by atoms with Crippen LogP contribution in [0.1, 0.15) is 38.2 Å². The molecule has 1 heterocycles. The summed E-state index contributed by atoms with van der Waals surface area (Å²) >= 11 is 11.9. The Bertz CT molecular complexity index is 591. The number of nitrogens with zero attached hydrogens (tertiary/aromatic N) is 1. The molecule has 0 radical (unpaired) electrons. The molecule has 3 atom stereocenters. The van der Waals surface area contributed by atoms with Gasteiger partial charge in [-0.05, 0) is 44.4 Å². The average molecular weight is 344 g/mol. The van der Waals surface area contributed by atoms with E-state index in [0.717, 1.165) is 5.56 Å². The van der Waals surface area contributed by atoms with Gasteiger partial charge in [0.1, 0.15) is 0 Å². The number of hydrogen-bond donors (Lipinski definition) is 1. The minimum Gasteiger partial charge on any atom is -0.481 e. The lowest BCUT2D eigenvalue weighted by atomic mass is 9.88. The Balaban J connectivity index is 2.19. The number of carboxylic acid groups (broad SMARTS) is 1. The summed E-state index contributed by atoms with van der Waals surface area (Å²) in [4.78, 5) is 25.7. The molecule has 0 aliphatic carbocycles. The van der Waals surface area contributed by atoms with Crippen LogP contribution in [0.15, 0.2) is 18.2 Å². The summed E-state index contributed by atoms with van der Waals surface area (Å²) in [6, 6.07) is 4.84. The van der Waals surface area contributed by atoms with Crippen molar-refractivity contribution < 1.29 is 14.7 Å². The van der Waals surface area contributed by atoms with Crippen molar-refractivity contribution in [1.82, 2.24) is 4.90 Å². The quantitative estimate of drug-likeness (QED) is 0.907. The molecule has 1 aliphatic rings. The molecule has 22 heavy (non-hydrogen) atoms. The highest BCUT2D eigenvalue weighted by Crippen LogP contribution is 2.30. The Labute approximate surface area is 140 Å². The first kappa shape index (κ1) is 17.1. The number of likely N-dealkylation sites (tertiary alicyclic amines) is 1. The number of halogens is 2. The van der Waals surface area contributed by atoms with E-state index < -0.39 is 11.9 Å². The molecule has 1 fully saturated rings. The smallest absolute Gasteiger partial charge is 0.308 e. The van der Waals surface area contributed by atoms with Crippen LogP contribution in [0, 0.1) is 5.92 Å². The fourth-order valence-corrected chi connectivity index (χ4v) is 3.26. The molecule has 1 aromatic rings. The van der Waals surface area contributed by atoms with Crippen LogP contribution in [0.25, 0.3) is 0 Å². The predicted octanol–water partition coefficient (Wildman–Crippen LogP) is 3.81. The number of hydrogen-bond acceptors (Lipinski definition) is 2. The first-order chi connectivity index (χ1) is 10.3. The van der Waals surface area contributed by atoms with Gasteiger partial charge in [-0.1, -0.05) is 29.3 Å². The third-order valence-corrected chi connectivity index (χ3v) is 5.14. The van der Waals surface area contributed by atoms with Crippen molar-refractivity contribution >= 4 is 35.1 Å². The number of piperidine rings is 1. The van der Waals surface area contributed by atoms with Crippen LogP contribution in [-0.4, -0.2) is 34.5 Å². The maximum atomic E-state index is 12.7. The van der Waals surface area contributed by atoms with Gasteiger partial charge in [0.15, 0.2) is 0 Å². The highest BCUT2D eigenvalue weighted by atomic mass is 35.5. The van der Waals surface area contributed by atoms with Gasteiger partial charge in [-0.15, -0.1) is 0 Å². The number of aliphatic carboxylic acids is 1. The zero-order valence-corrected chi connectivity index (χ0v) is 14.1. The monoisotopic (exact) mass is 343 g/mol. The van der Waals surface area contributed by atoms with Crippen molar-refractivity contribution in [1.29, 1.82) is 0 Å². The van der Waals surface area contributed by atoms with Gasteiger partial charge in [0.2, 0.25) is 5.91 Å². The van der Waals surface area contributed by atoms with E-state index in [4.69, 9.17) is 23.2 Å². The summed E-state index contributed by atoms with van der Waals surface area (Å²) in [6.07, 6.45) is 1.32. The topological polar surface area (TPSA) is 57.6 Å². The van der Waals surface area contributed by atoms with Crippen molar-refractivity contribution in [3.63, 3.8) is 0 Å². The normalized spacial score (nSPS) is 23.2. The van der Waals surface area contributed by atoms with Crippen LogP contribution in [0.3, 0.4) is 0 Å². The number of benzene rings is 1. The van der Waals surface area contributed by atoms with E-state index in [1.165, 1.54) is 0 Å². The standard InChI is InChI=1S/C16H19Cl2NO3/c1-9(11-5-6-13(17)14(18)8-11)15(20)19-7-3-4-12(10(19)2)16(21)22/h5-6,8-10,12H,3-4,7H2,1-2H3,(H,21,22)/t9?,10-,12-/m0/s1. The first-order valence-electron chi connectivity index (χ1n) is 7.31. The molecule has 4 nitrogen and oxygen atoms in total. The van der Waals surface area contributed by atoms with Crippen LogP contribution in [-0.2, 0) is 9.59 Å². The Kier molecular flexibility index (Phi) is 5.35. The average Bonchev–Trinajstić information content (AvgIpc) is 2.48. The number of carboxylic acids is 1. The summed E-state index contributed by atoms with van der Waals surface area (Å²) in [5.74, 6) is -1.80. The van der Waals surface area contributed by atoms with E-state index in [-0.39, 0.29) is 17.9 Å². The van der Waals surface area contributed by atoms with Gasteiger partial charge in [0.25, 0.3) is 0 Å². The van der Waals surface area contributed by atoms with Gasteiger partial charge in [0.05, 0.1) is 21.9 Å². The summed E-state index contributed by atoms with van der Waals surface area (Å²) in [5, 5.41) is 10.1. The molecular formula is C16H19Cl2NO3. The minimum atomic E-state index is -0.841. The molecule has 1 amide bonds. The highest BCUT2D eigenvalue weighted by molar-refractivity contribution is 6.42. The molecule has 0 spiro atoms. The van der Waals surface area contributed by atoms with Gasteiger partial charge in [-0.25, -0.2) is 0 Å². The van der Waals surface area contributed by atoms with Gasteiger partial charge < -0.3 is 10.0 Å². The van der Waals surface area contributed by atoms with E-state index >= 15 is 0 Å². The fourth-order valence-electron chi connectivity index (χ4n) is 2.96. The third-order valence-electron chi connectivity index (χ3n) is 4.40. The van der Waals surface area contributed by atoms with Crippen molar-refractivity contribution in [2.45, 2.75) is 38.6 Å². The van der Waals surface area contributed by atoms with Crippen LogP contribution in [0.2, 0.25) is 10.0 Å². The lowest BCUT2D eigenvalue weighted by molar-refractivity contribution is -0.149.